The average Bonchev–Trinajstić information content (AvgIpc) is 3.13. The number of nitro groups is 1. The van der Waals surface area contributed by atoms with Gasteiger partial charge >= 0.3 is 6.09 Å². The van der Waals surface area contributed by atoms with E-state index in [9.17, 15) is 19.7 Å². The van der Waals surface area contributed by atoms with E-state index in [2.05, 4.69) is 5.32 Å². The quantitative estimate of drug-likeness (QED) is 0.403. The van der Waals surface area contributed by atoms with Crippen LogP contribution in [0.2, 0.25) is 0 Å². The Hall–Kier alpha value is -3.88. The molecule has 9 nitrogen and oxygen atoms in total. The van der Waals surface area contributed by atoms with Gasteiger partial charge in [-0.3, -0.25) is 14.9 Å². The van der Waals surface area contributed by atoms with E-state index in [0.29, 0.717) is 17.6 Å². The van der Waals surface area contributed by atoms with Crippen LogP contribution in [0.1, 0.15) is 33.3 Å². The molecule has 174 valence electrons. The number of nitrogens with one attached hydrogen (secondary N) is 1. The highest BCUT2D eigenvalue weighted by Crippen LogP contribution is 2.23. The van der Waals surface area contributed by atoms with Crippen molar-refractivity contribution in [1.29, 1.82) is 0 Å². The fourth-order valence-electron chi connectivity index (χ4n) is 3.40. The van der Waals surface area contributed by atoms with Crippen LogP contribution in [0, 0.1) is 10.1 Å². The Morgan fingerprint density at radius 2 is 1.88 bits per heavy atom. The van der Waals surface area contributed by atoms with Gasteiger partial charge in [-0.05, 0) is 51.5 Å². The van der Waals surface area contributed by atoms with Crippen LogP contribution >= 0.6 is 0 Å². The molecule has 0 radical (unpaired) electrons. The average molecular weight is 453 g/mol. The van der Waals surface area contributed by atoms with E-state index in [1.54, 1.807) is 33.9 Å². The van der Waals surface area contributed by atoms with Crippen LogP contribution in [0.4, 0.5) is 16.2 Å². The summed E-state index contributed by atoms with van der Waals surface area (Å²) in [4.78, 5) is 37.4. The summed E-state index contributed by atoms with van der Waals surface area (Å²) >= 11 is 0. The van der Waals surface area contributed by atoms with Crippen LogP contribution in [0.25, 0.3) is 10.9 Å². The number of nitrogens with zero attached hydrogens (tertiary/aromatic N) is 3. The topological polar surface area (TPSA) is 107 Å². The molecule has 0 spiro atoms. The normalized spacial score (nSPS) is 11.3. The van der Waals surface area contributed by atoms with Gasteiger partial charge in [0.05, 0.1) is 11.5 Å². The highest BCUT2D eigenvalue weighted by Gasteiger charge is 2.22. The van der Waals surface area contributed by atoms with E-state index >= 15 is 0 Å². The molecular formula is C24H28N4O5. The molecule has 3 rings (SSSR count). The molecule has 0 saturated heterocycles. The number of rotatable bonds is 7. The van der Waals surface area contributed by atoms with E-state index < -0.39 is 16.6 Å². The Morgan fingerprint density at radius 3 is 2.55 bits per heavy atom. The van der Waals surface area contributed by atoms with Gasteiger partial charge in [0.15, 0.2) is 0 Å². The van der Waals surface area contributed by atoms with Crippen LogP contribution in [0.15, 0.2) is 54.7 Å². The lowest BCUT2D eigenvalue weighted by atomic mass is 10.1. The zero-order valence-corrected chi connectivity index (χ0v) is 19.2. The molecule has 0 bridgehead atoms. The third-order valence-corrected chi connectivity index (χ3v) is 4.97. The summed E-state index contributed by atoms with van der Waals surface area (Å²) in [6, 6.07) is 13.6. The summed E-state index contributed by atoms with van der Waals surface area (Å²) in [5, 5.41) is 14.6. The molecule has 0 aliphatic heterocycles. The van der Waals surface area contributed by atoms with Gasteiger partial charge in [-0.15, -0.1) is 0 Å². The van der Waals surface area contributed by atoms with Crippen LogP contribution < -0.4 is 5.32 Å². The third-order valence-electron chi connectivity index (χ3n) is 4.97. The SMILES string of the molecule is CCN(Cc1ccccc1NC(=O)Cn1ccc2cc([N+](=O)[O-])ccc21)C(=O)OC(C)(C)C. The number of carbonyl (C=O) groups is 2. The number of amides is 2. The van der Waals surface area contributed by atoms with Gasteiger partial charge < -0.3 is 19.5 Å². The highest BCUT2D eigenvalue weighted by atomic mass is 16.6. The Kier molecular flexibility index (Phi) is 7.01. The van der Waals surface area contributed by atoms with Gasteiger partial charge in [0.2, 0.25) is 5.91 Å². The molecule has 0 atom stereocenters. The maximum absolute atomic E-state index is 12.8. The summed E-state index contributed by atoms with van der Waals surface area (Å²) in [6.07, 6.45) is 1.31. The fourth-order valence-corrected chi connectivity index (χ4v) is 3.40. The molecule has 1 N–H and O–H groups in total. The number of aromatic nitrogens is 1. The van der Waals surface area contributed by atoms with Crippen LogP contribution in [0.5, 0.6) is 0 Å². The standard InChI is InChI=1S/C24H28N4O5/c1-5-26(23(30)33-24(2,3)4)15-18-8-6-7-9-20(18)25-22(29)16-27-13-12-17-14-19(28(31)32)10-11-21(17)27/h6-14H,5,15-16H2,1-4H3,(H,25,29). The van der Waals surface area contributed by atoms with E-state index in [0.717, 1.165) is 11.1 Å². The number of nitro benzene ring substituents is 1. The first kappa shape index (κ1) is 23.8. The van der Waals surface area contributed by atoms with Gasteiger partial charge in [-0.2, -0.15) is 0 Å². The molecule has 1 aromatic heterocycles. The van der Waals surface area contributed by atoms with Crippen molar-refractivity contribution in [1.82, 2.24) is 9.47 Å². The van der Waals surface area contributed by atoms with Crippen molar-refractivity contribution in [2.45, 2.75) is 46.4 Å². The van der Waals surface area contributed by atoms with Crippen molar-refractivity contribution in [2.24, 2.45) is 0 Å². The fraction of sp³-hybridized carbons (Fsp3) is 0.333. The molecule has 0 fully saturated rings. The number of anilines is 1. The minimum Gasteiger partial charge on any atom is -0.444 e. The summed E-state index contributed by atoms with van der Waals surface area (Å²) in [5.41, 5.74) is 1.52. The molecule has 0 aliphatic rings. The number of benzene rings is 2. The van der Waals surface area contributed by atoms with Crippen molar-refractivity contribution in [2.75, 3.05) is 11.9 Å². The van der Waals surface area contributed by atoms with E-state index in [-0.39, 0.29) is 24.7 Å². The minimum atomic E-state index is -0.599. The van der Waals surface area contributed by atoms with Crippen molar-refractivity contribution in [3.63, 3.8) is 0 Å². The number of non-ortho nitro benzene ring substituents is 1. The van der Waals surface area contributed by atoms with Crippen LogP contribution in [-0.2, 0) is 22.6 Å². The summed E-state index contributed by atoms with van der Waals surface area (Å²) in [5.74, 6) is -0.251. The predicted octanol–water partition coefficient (Wildman–Crippen LogP) is 4.95. The van der Waals surface area contributed by atoms with Crippen molar-refractivity contribution in [3.8, 4) is 0 Å². The second-order valence-corrected chi connectivity index (χ2v) is 8.64. The number of carbonyl (C=O) groups excluding carboxylic acids is 2. The Bertz CT molecular complexity index is 1180. The molecule has 0 saturated carbocycles. The number of hydrogen-bond acceptors (Lipinski definition) is 5. The highest BCUT2D eigenvalue weighted by molar-refractivity contribution is 5.93. The molecule has 3 aromatic rings. The number of fused-ring (bicyclic) bond motifs is 1. The Morgan fingerprint density at radius 1 is 1.15 bits per heavy atom. The minimum absolute atomic E-state index is 0.00379. The van der Waals surface area contributed by atoms with Crippen molar-refractivity contribution < 1.29 is 19.2 Å². The van der Waals surface area contributed by atoms with E-state index in [1.807, 2.05) is 45.9 Å². The molecule has 33 heavy (non-hydrogen) atoms. The van der Waals surface area contributed by atoms with E-state index in [4.69, 9.17) is 4.74 Å². The molecule has 0 unspecified atom stereocenters. The van der Waals surface area contributed by atoms with Gasteiger partial charge in [0.1, 0.15) is 12.1 Å². The van der Waals surface area contributed by atoms with Gasteiger partial charge in [-0.1, -0.05) is 18.2 Å². The van der Waals surface area contributed by atoms with Crippen molar-refractivity contribution in [3.05, 3.63) is 70.4 Å². The zero-order valence-electron chi connectivity index (χ0n) is 19.2. The summed E-state index contributed by atoms with van der Waals surface area (Å²) in [7, 11) is 0. The van der Waals surface area contributed by atoms with E-state index in [1.165, 1.54) is 12.1 Å². The lowest BCUT2D eigenvalue weighted by Gasteiger charge is -2.27. The first-order valence-electron chi connectivity index (χ1n) is 10.7. The molecular weight excluding hydrogens is 424 g/mol. The second-order valence-electron chi connectivity index (χ2n) is 8.64. The Labute approximate surface area is 192 Å². The predicted molar refractivity (Wildman–Crippen MR) is 126 cm³/mol. The molecule has 9 heteroatoms. The van der Waals surface area contributed by atoms with Gasteiger partial charge in [0, 0.05) is 41.5 Å². The summed E-state index contributed by atoms with van der Waals surface area (Å²) < 4.78 is 7.20. The molecule has 0 aliphatic carbocycles. The summed E-state index contributed by atoms with van der Waals surface area (Å²) in [6.45, 7) is 8.10. The zero-order chi connectivity index (χ0) is 24.2. The molecule has 2 aromatic carbocycles. The largest absolute Gasteiger partial charge is 0.444 e. The van der Waals surface area contributed by atoms with Gasteiger partial charge in [0.25, 0.3) is 5.69 Å². The number of para-hydroxylation sites is 1. The Balaban J connectivity index is 1.73. The second kappa shape index (κ2) is 9.72. The van der Waals surface area contributed by atoms with Gasteiger partial charge in [-0.25, -0.2) is 4.79 Å². The number of ether oxygens (including phenoxy) is 1. The first-order valence-corrected chi connectivity index (χ1v) is 10.7. The third kappa shape index (κ3) is 6.09. The molecule has 2 amide bonds. The molecule has 1 heterocycles. The monoisotopic (exact) mass is 452 g/mol. The maximum atomic E-state index is 12.8. The lowest BCUT2D eigenvalue weighted by Crippen LogP contribution is -2.36. The first-order chi connectivity index (χ1) is 15.6. The van der Waals surface area contributed by atoms with Crippen LogP contribution in [-0.4, -0.2) is 38.5 Å². The maximum Gasteiger partial charge on any atom is 0.410 e. The smallest absolute Gasteiger partial charge is 0.410 e. The lowest BCUT2D eigenvalue weighted by molar-refractivity contribution is -0.384. The van der Waals surface area contributed by atoms with Crippen LogP contribution in [0.3, 0.4) is 0 Å². The number of hydrogen-bond donors (Lipinski definition) is 1. The van der Waals surface area contributed by atoms with Crippen molar-refractivity contribution >= 4 is 34.3 Å².